The van der Waals surface area contributed by atoms with E-state index in [0.717, 1.165) is 51.5 Å². The molecule has 9 heteroatoms. The van der Waals surface area contributed by atoms with Crippen molar-refractivity contribution < 1.29 is 23.9 Å². The predicted octanol–water partition coefficient (Wildman–Crippen LogP) is 3.91. The topological polar surface area (TPSA) is 99.3 Å². The van der Waals surface area contributed by atoms with E-state index in [-0.39, 0.29) is 59.8 Å². The van der Waals surface area contributed by atoms with E-state index in [1.807, 2.05) is 33.8 Å². The molecule has 4 atom stereocenters. The Bertz CT molecular complexity index is 973. The Kier molecular flexibility index (Phi) is 11.8. The lowest BCUT2D eigenvalue weighted by Gasteiger charge is -2.39. The highest BCUT2D eigenvalue weighted by atomic mass is 16.5. The maximum absolute atomic E-state index is 13.9. The van der Waals surface area contributed by atoms with Crippen LogP contribution in [0, 0.1) is 11.8 Å². The molecule has 0 aromatic carbocycles. The van der Waals surface area contributed by atoms with Gasteiger partial charge in [0.05, 0.1) is 12.1 Å². The van der Waals surface area contributed by atoms with E-state index in [1.165, 1.54) is 0 Å². The second kappa shape index (κ2) is 14.7. The number of amides is 3. The van der Waals surface area contributed by atoms with Gasteiger partial charge in [0.1, 0.15) is 18.2 Å². The van der Waals surface area contributed by atoms with E-state index < -0.39 is 12.1 Å². The Morgan fingerprint density at radius 3 is 2.07 bits per heavy atom. The second-order valence-corrected chi connectivity index (χ2v) is 13.3. The lowest BCUT2D eigenvalue weighted by atomic mass is 9.95. The molecule has 3 amide bonds. The number of carbonyl (C=O) groups excluding carboxylic acids is 4. The lowest BCUT2D eigenvalue weighted by molar-refractivity contribution is -0.160. The minimum Gasteiger partial charge on any atom is -0.461 e. The number of rotatable bonds is 11. The van der Waals surface area contributed by atoms with Gasteiger partial charge in [0.15, 0.2) is 0 Å². The van der Waals surface area contributed by atoms with Gasteiger partial charge >= 0.3 is 5.97 Å². The quantitative estimate of drug-likeness (QED) is 0.297. The maximum atomic E-state index is 13.9. The lowest BCUT2D eigenvalue weighted by Crippen LogP contribution is -2.58. The van der Waals surface area contributed by atoms with Crippen LogP contribution in [0.3, 0.4) is 0 Å². The van der Waals surface area contributed by atoms with Gasteiger partial charge in [0.25, 0.3) is 0 Å². The number of carbonyl (C=O) groups is 4. The van der Waals surface area contributed by atoms with Crippen LogP contribution >= 0.6 is 0 Å². The first-order valence-electron chi connectivity index (χ1n) is 15.9. The highest BCUT2D eigenvalue weighted by Crippen LogP contribution is 2.27. The fourth-order valence-corrected chi connectivity index (χ4v) is 6.27. The van der Waals surface area contributed by atoms with Gasteiger partial charge in [0, 0.05) is 25.2 Å². The van der Waals surface area contributed by atoms with Crippen molar-refractivity contribution in [2.75, 3.05) is 20.1 Å². The highest BCUT2D eigenvalue weighted by Gasteiger charge is 2.39. The second-order valence-electron chi connectivity index (χ2n) is 13.3. The summed E-state index contributed by atoms with van der Waals surface area (Å²) in [5, 5.41) is 3.09. The Morgan fingerprint density at radius 1 is 0.854 bits per heavy atom. The molecule has 0 bridgehead atoms. The first kappa shape index (κ1) is 33.1. The number of likely N-dealkylation sites (tertiary alicyclic amines) is 2. The smallest absolute Gasteiger partial charge is 0.329 e. The molecule has 41 heavy (non-hydrogen) atoms. The van der Waals surface area contributed by atoms with Gasteiger partial charge in [-0.15, -0.1) is 0 Å². The molecule has 3 fully saturated rings. The van der Waals surface area contributed by atoms with Gasteiger partial charge < -0.3 is 19.9 Å². The summed E-state index contributed by atoms with van der Waals surface area (Å²) in [7, 11) is 1.75. The number of nitrogens with zero attached hydrogens (tertiary/aromatic N) is 3. The van der Waals surface area contributed by atoms with Gasteiger partial charge in [-0.2, -0.15) is 0 Å². The van der Waals surface area contributed by atoms with Crippen LogP contribution in [0.15, 0.2) is 11.6 Å². The van der Waals surface area contributed by atoms with Crippen LogP contribution < -0.4 is 5.32 Å². The van der Waals surface area contributed by atoms with E-state index in [1.54, 1.807) is 23.8 Å². The molecule has 1 N–H and O–H groups in total. The zero-order valence-corrected chi connectivity index (χ0v) is 26.7. The SMILES string of the molecule is C/C(=C\[C@H](C(C)C)N(C)C(=O)C(NC(=O)C1CCCCN1C(C)C)C(C)C)C(=O)N1CCCC1C(=O)OC1CCC1. The molecule has 3 aliphatic rings. The number of likely N-dealkylation sites (N-methyl/N-ethyl adjacent to an activating group) is 1. The molecule has 0 aromatic heterocycles. The summed E-state index contributed by atoms with van der Waals surface area (Å²) in [6.45, 7) is 15.3. The minimum absolute atomic E-state index is 0.0115. The summed E-state index contributed by atoms with van der Waals surface area (Å²) in [4.78, 5) is 59.1. The Labute approximate surface area is 247 Å². The molecule has 1 saturated carbocycles. The van der Waals surface area contributed by atoms with Crippen molar-refractivity contribution in [1.29, 1.82) is 0 Å². The molecule has 232 valence electrons. The van der Waals surface area contributed by atoms with Crippen LogP contribution in [0.5, 0.6) is 0 Å². The van der Waals surface area contributed by atoms with Gasteiger partial charge in [-0.25, -0.2) is 4.79 Å². The molecule has 9 nitrogen and oxygen atoms in total. The number of hydrogen-bond acceptors (Lipinski definition) is 6. The number of hydrogen-bond donors (Lipinski definition) is 1. The van der Waals surface area contributed by atoms with Crippen molar-refractivity contribution in [2.45, 2.75) is 136 Å². The molecule has 3 unspecified atom stereocenters. The summed E-state index contributed by atoms with van der Waals surface area (Å²) in [5.74, 6) is -0.816. The molecule has 2 heterocycles. The van der Waals surface area contributed by atoms with Crippen molar-refractivity contribution in [3.63, 3.8) is 0 Å². The van der Waals surface area contributed by atoms with Crippen LogP contribution in [0.1, 0.15) is 99.8 Å². The van der Waals surface area contributed by atoms with Crippen LogP contribution in [0.4, 0.5) is 0 Å². The zero-order valence-electron chi connectivity index (χ0n) is 26.7. The summed E-state index contributed by atoms with van der Waals surface area (Å²) in [6, 6.07) is -1.54. The molecule has 2 saturated heterocycles. The largest absolute Gasteiger partial charge is 0.461 e. The number of nitrogens with one attached hydrogen (secondary N) is 1. The van der Waals surface area contributed by atoms with Gasteiger partial charge in [0.2, 0.25) is 17.7 Å². The number of ether oxygens (including phenoxy) is 1. The number of piperidine rings is 1. The van der Waals surface area contributed by atoms with E-state index in [2.05, 4.69) is 24.1 Å². The van der Waals surface area contributed by atoms with Crippen LogP contribution in [0.25, 0.3) is 0 Å². The fraction of sp³-hybridized carbons (Fsp3) is 0.812. The van der Waals surface area contributed by atoms with Crippen molar-refractivity contribution in [2.24, 2.45) is 11.8 Å². The van der Waals surface area contributed by atoms with Gasteiger partial charge in [-0.05, 0) is 84.1 Å². The van der Waals surface area contributed by atoms with Crippen molar-refractivity contribution in [1.82, 2.24) is 20.0 Å². The molecule has 3 rings (SSSR count). The van der Waals surface area contributed by atoms with Gasteiger partial charge in [-0.1, -0.05) is 40.2 Å². The molecular formula is C32H54N4O5. The Morgan fingerprint density at radius 2 is 1.51 bits per heavy atom. The predicted molar refractivity (Wildman–Crippen MR) is 160 cm³/mol. The van der Waals surface area contributed by atoms with Crippen molar-refractivity contribution in [3.8, 4) is 0 Å². The molecule has 0 spiro atoms. The summed E-state index contributed by atoms with van der Waals surface area (Å²) < 4.78 is 5.62. The first-order valence-corrected chi connectivity index (χ1v) is 15.9. The van der Waals surface area contributed by atoms with E-state index >= 15 is 0 Å². The van der Waals surface area contributed by atoms with E-state index in [9.17, 15) is 19.2 Å². The van der Waals surface area contributed by atoms with E-state index in [0.29, 0.717) is 18.5 Å². The number of esters is 1. The summed E-state index contributed by atoms with van der Waals surface area (Å²) >= 11 is 0. The summed E-state index contributed by atoms with van der Waals surface area (Å²) in [5.41, 5.74) is 0.506. The van der Waals surface area contributed by atoms with Crippen molar-refractivity contribution >= 4 is 23.7 Å². The molecule has 1 aliphatic carbocycles. The molecule has 0 aromatic rings. The van der Waals surface area contributed by atoms with Crippen LogP contribution in [-0.4, -0.2) is 94.8 Å². The molecular weight excluding hydrogens is 520 g/mol. The van der Waals surface area contributed by atoms with Gasteiger partial charge in [-0.3, -0.25) is 19.3 Å². The first-order chi connectivity index (χ1) is 19.3. The normalized spacial score (nSPS) is 23.9. The average Bonchev–Trinajstić information content (AvgIpc) is 3.40. The third-order valence-corrected chi connectivity index (χ3v) is 9.10. The fourth-order valence-electron chi connectivity index (χ4n) is 6.27. The van der Waals surface area contributed by atoms with Crippen LogP contribution in [-0.2, 0) is 23.9 Å². The molecule has 0 radical (unpaired) electrons. The Hall–Kier alpha value is -2.42. The molecule has 2 aliphatic heterocycles. The summed E-state index contributed by atoms with van der Waals surface area (Å²) in [6.07, 6.45) is 8.97. The van der Waals surface area contributed by atoms with Crippen LogP contribution in [0.2, 0.25) is 0 Å². The Balaban J connectivity index is 1.72. The third kappa shape index (κ3) is 8.11. The monoisotopic (exact) mass is 574 g/mol. The van der Waals surface area contributed by atoms with E-state index in [4.69, 9.17) is 4.74 Å². The maximum Gasteiger partial charge on any atom is 0.329 e. The zero-order chi connectivity index (χ0) is 30.4. The van der Waals surface area contributed by atoms with Crippen molar-refractivity contribution in [3.05, 3.63) is 11.6 Å². The average molecular weight is 575 g/mol. The third-order valence-electron chi connectivity index (χ3n) is 9.10. The highest BCUT2D eigenvalue weighted by molar-refractivity contribution is 5.96. The standard InChI is InChI=1S/C32H54N4O5/c1-20(2)27(19-23(7)30(38)36-18-12-16-26(36)32(40)41-24-13-11-14-24)34(8)31(39)28(21(3)4)33-29(37)25-15-9-10-17-35(25)22(5)6/h19-22,24-28H,9-18H2,1-8H3,(H,33,37)/b23-19+/t25?,26?,27-,28?/m1/s1. The minimum atomic E-state index is -0.668.